The molecule has 2 heterocycles. The minimum Gasteiger partial charge on any atom is -0.322 e. The Morgan fingerprint density at radius 3 is 2.63 bits per heavy atom. The molecule has 0 radical (unpaired) electrons. The lowest BCUT2D eigenvalue weighted by Crippen LogP contribution is -2.36. The maximum atomic E-state index is 13.8. The third kappa shape index (κ3) is 3.17. The van der Waals surface area contributed by atoms with Crippen molar-refractivity contribution in [2.24, 2.45) is 0 Å². The van der Waals surface area contributed by atoms with E-state index in [2.05, 4.69) is 15.7 Å². The third-order valence-electron chi connectivity index (χ3n) is 4.32. The molecule has 0 spiro atoms. The van der Waals surface area contributed by atoms with E-state index in [1.807, 2.05) is 0 Å². The number of para-hydroxylation sites is 1. The summed E-state index contributed by atoms with van der Waals surface area (Å²) < 4.78 is 28.3. The molecule has 0 saturated heterocycles. The highest BCUT2D eigenvalue weighted by molar-refractivity contribution is 6.03. The first-order valence-corrected chi connectivity index (χ1v) is 8.21. The van der Waals surface area contributed by atoms with E-state index >= 15 is 0 Å². The summed E-state index contributed by atoms with van der Waals surface area (Å²) in [5.74, 6) is -1.53. The zero-order valence-electron chi connectivity index (χ0n) is 13.9. The largest absolute Gasteiger partial charge is 0.322 e. The van der Waals surface area contributed by atoms with Crippen molar-refractivity contribution in [3.8, 4) is 11.1 Å². The molecule has 2 aromatic carbocycles. The Kier molecular flexibility index (Phi) is 4.15. The molecule has 4 rings (SSSR count). The van der Waals surface area contributed by atoms with Crippen molar-refractivity contribution in [3.05, 3.63) is 66.4 Å². The number of nitrogens with one attached hydrogen (secondary N) is 2. The Balaban J connectivity index is 1.67. The molecule has 27 heavy (non-hydrogen) atoms. The standard InChI is InChI=1S/C19H14F2N4O2/c20-12-7-5-11(6-8-12)13-10-22-25-16(9-17(26)24-18(13)25)19(27)23-15-4-2-1-3-14(15)21/h1-8,10,16H,9H2,(H,23,27)(H,24,26)/t16-/m1/s1. The normalized spacial score (nSPS) is 15.8. The van der Waals surface area contributed by atoms with Crippen LogP contribution >= 0.6 is 0 Å². The summed E-state index contributed by atoms with van der Waals surface area (Å²) in [5, 5.41) is 9.40. The summed E-state index contributed by atoms with van der Waals surface area (Å²) in [4.78, 5) is 24.8. The fraction of sp³-hybridized carbons (Fsp3) is 0.105. The lowest BCUT2D eigenvalue weighted by molar-refractivity contribution is -0.125. The van der Waals surface area contributed by atoms with E-state index in [0.29, 0.717) is 16.9 Å². The van der Waals surface area contributed by atoms with Crippen LogP contribution < -0.4 is 10.6 Å². The van der Waals surface area contributed by atoms with Gasteiger partial charge in [-0.05, 0) is 29.8 Å². The van der Waals surface area contributed by atoms with Gasteiger partial charge in [-0.2, -0.15) is 5.10 Å². The summed E-state index contributed by atoms with van der Waals surface area (Å²) in [7, 11) is 0. The fourth-order valence-corrected chi connectivity index (χ4v) is 2.99. The van der Waals surface area contributed by atoms with Crippen LogP contribution in [0.5, 0.6) is 0 Å². The number of hydrogen-bond donors (Lipinski definition) is 2. The van der Waals surface area contributed by atoms with Crippen molar-refractivity contribution in [2.45, 2.75) is 12.5 Å². The number of anilines is 2. The van der Waals surface area contributed by atoms with Crippen molar-refractivity contribution < 1.29 is 18.4 Å². The maximum absolute atomic E-state index is 13.8. The van der Waals surface area contributed by atoms with Gasteiger partial charge < -0.3 is 10.6 Å². The fourth-order valence-electron chi connectivity index (χ4n) is 2.99. The first-order valence-electron chi connectivity index (χ1n) is 8.21. The molecule has 2 N–H and O–H groups in total. The van der Waals surface area contributed by atoms with Gasteiger partial charge in [-0.15, -0.1) is 0 Å². The van der Waals surface area contributed by atoms with Crippen molar-refractivity contribution in [3.63, 3.8) is 0 Å². The van der Waals surface area contributed by atoms with E-state index in [0.717, 1.165) is 0 Å². The van der Waals surface area contributed by atoms with E-state index in [1.54, 1.807) is 18.2 Å². The minimum absolute atomic E-state index is 0.0287. The van der Waals surface area contributed by atoms with Crippen molar-refractivity contribution in [1.29, 1.82) is 0 Å². The Bertz CT molecular complexity index is 1030. The van der Waals surface area contributed by atoms with Crippen LogP contribution in [0.1, 0.15) is 12.5 Å². The van der Waals surface area contributed by atoms with Crippen LogP contribution in [0.4, 0.5) is 20.3 Å². The van der Waals surface area contributed by atoms with Crippen molar-refractivity contribution in [1.82, 2.24) is 9.78 Å². The molecule has 0 fully saturated rings. The molecule has 1 atom stereocenters. The van der Waals surface area contributed by atoms with Gasteiger partial charge in [0.1, 0.15) is 23.5 Å². The highest BCUT2D eigenvalue weighted by atomic mass is 19.1. The number of aromatic nitrogens is 2. The summed E-state index contributed by atoms with van der Waals surface area (Å²) in [6, 6.07) is 10.6. The highest BCUT2D eigenvalue weighted by Gasteiger charge is 2.33. The lowest BCUT2D eigenvalue weighted by Gasteiger charge is -2.24. The number of amides is 2. The third-order valence-corrected chi connectivity index (χ3v) is 4.32. The van der Waals surface area contributed by atoms with E-state index in [-0.39, 0.29) is 23.8 Å². The van der Waals surface area contributed by atoms with Crippen LogP contribution in [-0.4, -0.2) is 21.6 Å². The summed E-state index contributed by atoms with van der Waals surface area (Å²) in [6.07, 6.45) is 1.37. The minimum atomic E-state index is -0.928. The SMILES string of the molecule is O=C1C[C@H](C(=O)Nc2ccccc2F)n2ncc(-c3ccc(F)cc3)c2N1. The molecule has 6 nitrogen and oxygen atoms in total. The quantitative estimate of drug-likeness (QED) is 0.744. The molecule has 0 bridgehead atoms. The average Bonchev–Trinajstić information content (AvgIpc) is 3.07. The molecule has 0 saturated carbocycles. The van der Waals surface area contributed by atoms with Gasteiger partial charge in [0.2, 0.25) is 11.8 Å². The number of halogens is 2. The van der Waals surface area contributed by atoms with Gasteiger partial charge in [0.15, 0.2) is 0 Å². The van der Waals surface area contributed by atoms with E-state index in [9.17, 15) is 18.4 Å². The molecule has 0 unspecified atom stereocenters. The predicted molar refractivity (Wildman–Crippen MR) is 94.9 cm³/mol. The molecule has 2 amide bonds. The van der Waals surface area contributed by atoms with Gasteiger partial charge in [0, 0.05) is 5.56 Å². The number of fused-ring (bicyclic) bond motifs is 1. The van der Waals surface area contributed by atoms with Gasteiger partial charge >= 0.3 is 0 Å². The predicted octanol–water partition coefficient (Wildman–Crippen LogP) is 3.35. The van der Waals surface area contributed by atoms with Crippen LogP contribution in [0.15, 0.2) is 54.7 Å². The van der Waals surface area contributed by atoms with Crippen LogP contribution in [0.25, 0.3) is 11.1 Å². The van der Waals surface area contributed by atoms with E-state index < -0.39 is 17.8 Å². The van der Waals surface area contributed by atoms with Gasteiger partial charge in [-0.1, -0.05) is 24.3 Å². The Labute approximate surface area is 152 Å². The molecule has 136 valence electrons. The molecule has 1 aromatic heterocycles. The maximum Gasteiger partial charge on any atom is 0.249 e. The second-order valence-corrected chi connectivity index (χ2v) is 6.10. The molecular weight excluding hydrogens is 354 g/mol. The van der Waals surface area contributed by atoms with Crippen LogP contribution in [0.3, 0.4) is 0 Å². The second-order valence-electron chi connectivity index (χ2n) is 6.10. The zero-order chi connectivity index (χ0) is 19.0. The number of nitrogens with zero attached hydrogens (tertiary/aromatic N) is 2. The van der Waals surface area contributed by atoms with Gasteiger partial charge in [0.25, 0.3) is 0 Å². The summed E-state index contributed by atoms with van der Waals surface area (Å²) in [5.41, 5.74) is 1.24. The highest BCUT2D eigenvalue weighted by Crippen LogP contribution is 2.34. The lowest BCUT2D eigenvalue weighted by atomic mass is 10.1. The number of rotatable bonds is 3. The second kappa shape index (κ2) is 6.64. The number of benzene rings is 2. The van der Waals surface area contributed by atoms with E-state index in [1.165, 1.54) is 41.2 Å². The summed E-state index contributed by atoms with van der Waals surface area (Å²) in [6.45, 7) is 0. The molecule has 1 aliphatic heterocycles. The monoisotopic (exact) mass is 368 g/mol. The number of carbonyl (C=O) groups is 2. The zero-order valence-corrected chi connectivity index (χ0v) is 13.9. The first kappa shape index (κ1) is 16.9. The average molecular weight is 368 g/mol. The van der Waals surface area contributed by atoms with Crippen LogP contribution in [0.2, 0.25) is 0 Å². The molecule has 1 aliphatic rings. The number of carbonyl (C=O) groups excluding carboxylic acids is 2. The Morgan fingerprint density at radius 2 is 1.89 bits per heavy atom. The Hall–Kier alpha value is -3.55. The molecular formula is C19H14F2N4O2. The first-order chi connectivity index (χ1) is 13.0. The van der Waals surface area contributed by atoms with Crippen LogP contribution in [-0.2, 0) is 9.59 Å². The van der Waals surface area contributed by atoms with E-state index in [4.69, 9.17) is 0 Å². The van der Waals surface area contributed by atoms with Gasteiger partial charge in [0.05, 0.1) is 18.3 Å². The number of hydrogen-bond acceptors (Lipinski definition) is 3. The van der Waals surface area contributed by atoms with Gasteiger partial charge in [-0.3, -0.25) is 9.59 Å². The summed E-state index contributed by atoms with van der Waals surface area (Å²) >= 11 is 0. The molecule has 8 heteroatoms. The topological polar surface area (TPSA) is 76.0 Å². The smallest absolute Gasteiger partial charge is 0.249 e. The van der Waals surface area contributed by atoms with Crippen LogP contribution in [0, 0.1) is 11.6 Å². The van der Waals surface area contributed by atoms with Gasteiger partial charge in [-0.25, -0.2) is 13.5 Å². The van der Waals surface area contributed by atoms with Crippen molar-refractivity contribution >= 4 is 23.3 Å². The molecule has 0 aliphatic carbocycles. The van der Waals surface area contributed by atoms with Crippen molar-refractivity contribution in [2.75, 3.05) is 10.6 Å². The Morgan fingerprint density at radius 1 is 1.15 bits per heavy atom. The molecule has 3 aromatic rings.